The summed E-state index contributed by atoms with van der Waals surface area (Å²) in [5.74, 6) is -0.453. The molecule has 0 spiro atoms. The van der Waals surface area contributed by atoms with E-state index >= 15 is 0 Å². The fraction of sp³-hybridized carbons (Fsp3) is 0.0667. The van der Waals surface area contributed by atoms with Crippen molar-refractivity contribution in [3.05, 3.63) is 57.2 Å². The molecule has 0 unspecified atom stereocenters. The van der Waals surface area contributed by atoms with Gasteiger partial charge in [0.15, 0.2) is 16.1 Å². The van der Waals surface area contributed by atoms with E-state index in [0.29, 0.717) is 21.3 Å². The van der Waals surface area contributed by atoms with Crippen molar-refractivity contribution in [1.82, 2.24) is 0 Å². The molecule has 2 aromatic heterocycles. The summed E-state index contributed by atoms with van der Waals surface area (Å²) in [6, 6.07) is 10.2. The van der Waals surface area contributed by atoms with E-state index in [1.807, 2.05) is 6.07 Å². The Morgan fingerprint density at radius 3 is 2.55 bits per heavy atom. The molecule has 7 heteroatoms. The van der Waals surface area contributed by atoms with Gasteiger partial charge in [0.2, 0.25) is 0 Å². The van der Waals surface area contributed by atoms with Crippen molar-refractivity contribution in [3.63, 3.8) is 0 Å². The van der Waals surface area contributed by atoms with E-state index in [2.05, 4.69) is 26.6 Å². The number of benzene rings is 1. The summed E-state index contributed by atoms with van der Waals surface area (Å²) in [5, 5.41) is 6.15. The lowest BCUT2D eigenvalue weighted by Gasteiger charge is -2.11. The standard InChI is InChI=1S/C15H11BrN2O4/c1-17-12-8-4-2-3-5-9(8)22-15(20)13(12)18-14(19)10-6-7-11(16)21-10/h2-7,17H,1H3,(H,18,19). The number of halogens is 1. The summed E-state index contributed by atoms with van der Waals surface area (Å²) >= 11 is 3.12. The van der Waals surface area contributed by atoms with Crippen LogP contribution in [0.3, 0.4) is 0 Å². The maximum absolute atomic E-state index is 12.1. The minimum Gasteiger partial charge on any atom is -0.444 e. The maximum Gasteiger partial charge on any atom is 0.362 e. The Morgan fingerprint density at radius 1 is 1.09 bits per heavy atom. The lowest BCUT2D eigenvalue weighted by Crippen LogP contribution is -2.19. The Bertz CT molecular complexity index is 913. The summed E-state index contributed by atoms with van der Waals surface area (Å²) < 4.78 is 10.8. The molecule has 0 fully saturated rings. The third-order valence-electron chi connectivity index (χ3n) is 3.10. The highest BCUT2D eigenvalue weighted by Gasteiger charge is 2.18. The van der Waals surface area contributed by atoms with E-state index in [-0.39, 0.29) is 11.4 Å². The molecule has 0 radical (unpaired) electrons. The monoisotopic (exact) mass is 362 g/mol. The third kappa shape index (κ3) is 2.50. The summed E-state index contributed by atoms with van der Waals surface area (Å²) in [4.78, 5) is 24.3. The number of para-hydroxylation sites is 1. The summed E-state index contributed by atoms with van der Waals surface area (Å²) in [7, 11) is 1.67. The van der Waals surface area contributed by atoms with Crippen LogP contribution in [0.25, 0.3) is 11.0 Å². The predicted molar refractivity (Wildman–Crippen MR) is 86.4 cm³/mol. The molecule has 0 aliphatic heterocycles. The molecule has 3 aromatic rings. The van der Waals surface area contributed by atoms with Crippen molar-refractivity contribution in [3.8, 4) is 0 Å². The smallest absolute Gasteiger partial charge is 0.362 e. The third-order valence-corrected chi connectivity index (χ3v) is 3.52. The Balaban J connectivity index is 2.08. The maximum atomic E-state index is 12.1. The number of fused-ring (bicyclic) bond motifs is 1. The number of rotatable bonds is 3. The number of carbonyl (C=O) groups is 1. The Labute approximate surface area is 133 Å². The molecule has 1 amide bonds. The van der Waals surface area contributed by atoms with E-state index in [0.717, 1.165) is 0 Å². The van der Waals surface area contributed by atoms with Crippen LogP contribution in [0.15, 0.2) is 54.7 Å². The molecular formula is C15H11BrN2O4. The van der Waals surface area contributed by atoms with Crippen LogP contribution in [-0.4, -0.2) is 13.0 Å². The number of anilines is 2. The molecule has 0 saturated heterocycles. The molecule has 0 aliphatic carbocycles. The van der Waals surface area contributed by atoms with E-state index in [4.69, 9.17) is 8.83 Å². The van der Waals surface area contributed by atoms with Crippen LogP contribution < -0.4 is 16.3 Å². The highest BCUT2D eigenvalue weighted by Crippen LogP contribution is 2.28. The second-order valence-corrected chi connectivity index (χ2v) is 5.23. The van der Waals surface area contributed by atoms with Gasteiger partial charge in [0.1, 0.15) is 5.58 Å². The Hall–Kier alpha value is -2.54. The largest absolute Gasteiger partial charge is 0.444 e. The first-order valence-electron chi connectivity index (χ1n) is 6.40. The Morgan fingerprint density at radius 2 is 1.86 bits per heavy atom. The van der Waals surface area contributed by atoms with Crippen LogP contribution in [0, 0.1) is 0 Å². The first-order chi connectivity index (χ1) is 10.6. The summed E-state index contributed by atoms with van der Waals surface area (Å²) in [6.07, 6.45) is 0. The van der Waals surface area contributed by atoms with Gasteiger partial charge in [-0.15, -0.1) is 0 Å². The predicted octanol–water partition coefficient (Wildman–Crippen LogP) is 3.44. The van der Waals surface area contributed by atoms with E-state index in [1.165, 1.54) is 6.07 Å². The van der Waals surface area contributed by atoms with Gasteiger partial charge in [-0.3, -0.25) is 4.79 Å². The van der Waals surface area contributed by atoms with E-state index in [1.54, 1.807) is 31.3 Å². The number of amides is 1. The molecule has 2 N–H and O–H groups in total. The zero-order valence-electron chi connectivity index (χ0n) is 11.5. The van der Waals surface area contributed by atoms with Crippen LogP contribution in [-0.2, 0) is 0 Å². The first-order valence-corrected chi connectivity index (χ1v) is 7.19. The molecule has 22 heavy (non-hydrogen) atoms. The average molecular weight is 363 g/mol. The highest BCUT2D eigenvalue weighted by atomic mass is 79.9. The van der Waals surface area contributed by atoms with Crippen LogP contribution in [0.4, 0.5) is 11.4 Å². The van der Waals surface area contributed by atoms with Gasteiger partial charge in [0.25, 0.3) is 5.91 Å². The van der Waals surface area contributed by atoms with Gasteiger partial charge in [0, 0.05) is 12.4 Å². The fourth-order valence-corrected chi connectivity index (χ4v) is 2.44. The number of hydrogen-bond acceptors (Lipinski definition) is 5. The number of hydrogen-bond donors (Lipinski definition) is 2. The zero-order chi connectivity index (χ0) is 15.7. The van der Waals surface area contributed by atoms with Gasteiger partial charge < -0.3 is 19.5 Å². The van der Waals surface area contributed by atoms with Crippen molar-refractivity contribution in [2.24, 2.45) is 0 Å². The lowest BCUT2D eigenvalue weighted by molar-refractivity contribution is 0.0995. The van der Waals surface area contributed by atoms with Crippen molar-refractivity contribution in [1.29, 1.82) is 0 Å². The van der Waals surface area contributed by atoms with Crippen LogP contribution in [0.5, 0.6) is 0 Å². The fourth-order valence-electron chi connectivity index (χ4n) is 2.13. The molecule has 1 aromatic carbocycles. The number of carbonyl (C=O) groups excluding carboxylic acids is 1. The van der Waals surface area contributed by atoms with Crippen molar-refractivity contribution in [2.45, 2.75) is 0 Å². The number of furan rings is 1. The number of nitrogens with one attached hydrogen (secondary N) is 2. The van der Waals surface area contributed by atoms with Gasteiger partial charge in [-0.25, -0.2) is 4.79 Å². The molecule has 3 rings (SSSR count). The second-order valence-electron chi connectivity index (χ2n) is 4.44. The van der Waals surface area contributed by atoms with Gasteiger partial charge in [-0.1, -0.05) is 12.1 Å². The van der Waals surface area contributed by atoms with Gasteiger partial charge in [0.05, 0.1) is 5.69 Å². The van der Waals surface area contributed by atoms with Gasteiger partial charge in [-0.2, -0.15) is 0 Å². The summed E-state index contributed by atoms with van der Waals surface area (Å²) in [6.45, 7) is 0. The molecule has 0 aliphatic rings. The molecular weight excluding hydrogens is 352 g/mol. The van der Waals surface area contributed by atoms with Crippen molar-refractivity contribution >= 4 is 44.2 Å². The molecule has 2 heterocycles. The lowest BCUT2D eigenvalue weighted by atomic mass is 10.2. The van der Waals surface area contributed by atoms with Crippen LogP contribution in [0.2, 0.25) is 0 Å². The van der Waals surface area contributed by atoms with Gasteiger partial charge >= 0.3 is 5.63 Å². The van der Waals surface area contributed by atoms with Crippen molar-refractivity contribution < 1.29 is 13.6 Å². The average Bonchev–Trinajstić information content (AvgIpc) is 2.94. The zero-order valence-corrected chi connectivity index (χ0v) is 13.1. The topological polar surface area (TPSA) is 84.5 Å². The van der Waals surface area contributed by atoms with Crippen molar-refractivity contribution in [2.75, 3.05) is 17.7 Å². The van der Waals surface area contributed by atoms with Crippen LogP contribution >= 0.6 is 15.9 Å². The molecule has 0 saturated carbocycles. The minimum atomic E-state index is -0.637. The molecule has 0 bridgehead atoms. The first kappa shape index (κ1) is 14.4. The Kier molecular flexibility index (Phi) is 3.72. The van der Waals surface area contributed by atoms with E-state index < -0.39 is 11.5 Å². The normalized spacial score (nSPS) is 10.6. The van der Waals surface area contributed by atoms with Gasteiger partial charge in [-0.05, 0) is 40.2 Å². The minimum absolute atomic E-state index is 0.0405. The summed E-state index contributed by atoms with van der Waals surface area (Å²) in [5.41, 5.74) is 0.335. The highest BCUT2D eigenvalue weighted by molar-refractivity contribution is 9.10. The molecule has 0 atom stereocenters. The van der Waals surface area contributed by atoms with Crippen LogP contribution in [0.1, 0.15) is 10.6 Å². The second kappa shape index (κ2) is 5.69. The molecule has 112 valence electrons. The SMILES string of the molecule is CNc1c(NC(=O)c2ccc(Br)o2)c(=O)oc2ccccc12. The molecule has 6 nitrogen and oxygen atoms in total. The van der Waals surface area contributed by atoms with E-state index in [9.17, 15) is 9.59 Å². The quantitative estimate of drug-likeness (QED) is 0.697.